The number of nitrogens with zero attached hydrogens (tertiary/aromatic N) is 1. The van der Waals surface area contributed by atoms with Crippen LogP contribution >= 0.6 is 0 Å². The highest BCUT2D eigenvalue weighted by molar-refractivity contribution is 5.94. The number of hydrogen-bond acceptors (Lipinski definition) is 2. The molecule has 0 spiro atoms. The average molecular weight is 285 g/mol. The minimum absolute atomic E-state index is 0.120. The highest BCUT2D eigenvalue weighted by atomic mass is 16.2. The van der Waals surface area contributed by atoms with E-state index in [4.69, 9.17) is 5.11 Å². The second-order valence-corrected chi connectivity index (χ2v) is 5.52. The van der Waals surface area contributed by atoms with E-state index in [1.54, 1.807) is 0 Å². The number of aliphatic hydroxyl groups excluding tert-OH is 1. The van der Waals surface area contributed by atoms with Gasteiger partial charge >= 0.3 is 0 Å². The van der Waals surface area contributed by atoms with Crippen LogP contribution in [-0.4, -0.2) is 35.1 Å². The van der Waals surface area contributed by atoms with Crippen LogP contribution in [0.5, 0.6) is 0 Å². The Balaban J connectivity index is 2.20. The normalized spacial score (nSPS) is 14.6. The molecule has 0 bridgehead atoms. The van der Waals surface area contributed by atoms with Crippen molar-refractivity contribution in [1.29, 1.82) is 0 Å². The van der Waals surface area contributed by atoms with E-state index in [-0.39, 0.29) is 12.5 Å². The molecule has 0 heterocycles. The summed E-state index contributed by atoms with van der Waals surface area (Å²) in [5.41, 5.74) is 2.57. The molecule has 1 fully saturated rings. The smallest absolute Gasteiger partial charge is 0.254 e. The van der Waals surface area contributed by atoms with E-state index in [9.17, 15) is 4.79 Å². The van der Waals surface area contributed by atoms with Crippen LogP contribution in [0.2, 0.25) is 0 Å². The Morgan fingerprint density at radius 1 is 1.38 bits per heavy atom. The summed E-state index contributed by atoms with van der Waals surface area (Å²) in [4.78, 5) is 14.7. The molecule has 1 amide bonds. The zero-order valence-corrected chi connectivity index (χ0v) is 12.9. The predicted molar refractivity (Wildman–Crippen MR) is 84.1 cm³/mol. The predicted octanol–water partition coefficient (Wildman–Crippen LogP) is 2.74. The summed E-state index contributed by atoms with van der Waals surface area (Å²) in [5, 5.41) is 8.75. The molecule has 1 aliphatic rings. The van der Waals surface area contributed by atoms with Gasteiger partial charge in [0, 0.05) is 23.7 Å². The van der Waals surface area contributed by atoms with Crippen molar-refractivity contribution in [2.45, 2.75) is 45.6 Å². The van der Waals surface area contributed by atoms with Gasteiger partial charge in [-0.3, -0.25) is 4.79 Å². The molecule has 1 aromatic carbocycles. The molecular formula is C18H23NO2. The summed E-state index contributed by atoms with van der Waals surface area (Å²) in [6.07, 6.45) is 4.70. The molecule has 0 unspecified atom stereocenters. The van der Waals surface area contributed by atoms with E-state index >= 15 is 0 Å². The standard InChI is InChI=1S/C18H23NO2/c1-3-19(17-8-4-5-9-17)18(21)16-11-10-15(7-6-12-20)14(2)13-16/h10-11,13,17,20H,3-5,8-9,12H2,1-2H3. The van der Waals surface area contributed by atoms with Crippen LogP contribution in [0.25, 0.3) is 0 Å². The Labute approximate surface area is 127 Å². The van der Waals surface area contributed by atoms with Crippen LogP contribution in [0.1, 0.15) is 54.1 Å². The number of aliphatic hydroxyl groups is 1. The van der Waals surface area contributed by atoms with Crippen molar-refractivity contribution in [2.24, 2.45) is 0 Å². The lowest BCUT2D eigenvalue weighted by Crippen LogP contribution is -2.38. The average Bonchev–Trinajstić information content (AvgIpc) is 3.00. The van der Waals surface area contributed by atoms with E-state index in [1.165, 1.54) is 12.8 Å². The van der Waals surface area contributed by atoms with Crippen LogP contribution in [-0.2, 0) is 0 Å². The van der Waals surface area contributed by atoms with Crippen LogP contribution < -0.4 is 0 Å². The van der Waals surface area contributed by atoms with E-state index < -0.39 is 0 Å². The first kappa shape index (κ1) is 15.6. The lowest BCUT2D eigenvalue weighted by molar-refractivity contribution is 0.0693. The second kappa shape index (κ2) is 7.28. The highest BCUT2D eigenvalue weighted by Gasteiger charge is 2.26. The number of hydrogen-bond donors (Lipinski definition) is 1. The molecule has 1 saturated carbocycles. The first-order valence-electron chi connectivity index (χ1n) is 7.68. The number of rotatable bonds is 3. The van der Waals surface area contributed by atoms with Gasteiger partial charge < -0.3 is 10.0 Å². The molecule has 21 heavy (non-hydrogen) atoms. The van der Waals surface area contributed by atoms with Crippen molar-refractivity contribution in [1.82, 2.24) is 4.90 Å². The van der Waals surface area contributed by atoms with Gasteiger partial charge in [-0.25, -0.2) is 0 Å². The maximum atomic E-state index is 12.7. The van der Waals surface area contributed by atoms with E-state index in [0.29, 0.717) is 6.04 Å². The summed E-state index contributed by atoms with van der Waals surface area (Å²) in [6, 6.07) is 6.01. The molecule has 0 saturated heterocycles. The largest absolute Gasteiger partial charge is 0.384 e. The number of aryl methyl sites for hydroxylation is 1. The molecule has 0 atom stereocenters. The number of carbonyl (C=O) groups is 1. The van der Waals surface area contributed by atoms with Gasteiger partial charge in [0.15, 0.2) is 0 Å². The molecule has 1 aliphatic carbocycles. The zero-order valence-electron chi connectivity index (χ0n) is 12.9. The fourth-order valence-corrected chi connectivity index (χ4v) is 3.02. The third kappa shape index (κ3) is 3.65. The minimum Gasteiger partial charge on any atom is -0.384 e. The second-order valence-electron chi connectivity index (χ2n) is 5.52. The molecule has 0 aromatic heterocycles. The first-order valence-corrected chi connectivity index (χ1v) is 7.68. The lowest BCUT2D eigenvalue weighted by atomic mass is 10.0. The molecule has 2 rings (SSSR count). The van der Waals surface area contributed by atoms with Crippen LogP contribution in [0, 0.1) is 18.8 Å². The molecule has 3 nitrogen and oxygen atoms in total. The van der Waals surface area contributed by atoms with Crippen LogP contribution in [0.3, 0.4) is 0 Å². The molecule has 0 radical (unpaired) electrons. The summed E-state index contributed by atoms with van der Waals surface area (Å²) in [5.74, 6) is 5.66. The highest BCUT2D eigenvalue weighted by Crippen LogP contribution is 2.25. The molecule has 3 heteroatoms. The van der Waals surface area contributed by atoms with Gasteiger partial charge in [-0.15, -0.1) is 0 Å². The van der Waals surface area contributed by atoms with Crippen molar-refractivity contribution in [3.63, 3.8) is 0 Å². The van der Waals surface area contributed by atoms with Gasteiger partial charge in [-0.2, -0.15) is 0 Å². The SMILES string of the molecule is CCN(C(=O)c1ccc(C#CCO)c(C)c1)C1CCCC1. The minimum atomic E-state index is -0.147. The maximum Gasteiger partial charge on any atom is 0.254 e. The van der Waals surface area contributed by atoms with Gasteiger partial charge in [-0.05, 0) is 50.5 Å². The fraction of sp³-hybridized carbons (Fsp3) is 0.500. The number of benzene rings is 1. The summed E-state index contributed by atoms with van der Waals surface area (Å²) >= 11 is 0. The van der Waals surface area contributed by atoms with Crippen molar-refractivity contribution in [3.8, 4) is 11.8 Å². The third-order valence-corrected chi connectivity index (χ3v) is 4.14. The van der Waals surface area contributed by atoms with E-state index in [2.05, 4.69) is 11.8 Å². The fourth-order valence-electron chi connectivity index (χ4n) is 3.02. The van der Waals surface area contributed by atoms with Gasteiger partial charge in [0.2, 0.25) is 0 Å². The van der Waals surface area contributed by atoms with Gasteiger partial charge in [0.05, 0.1) is 0 Å². The zero-order chi connectivity index (χ0) is 15.2. The quantitative estimate of drug-likeness (QED) is 0.868. The Kier molecular flexibility index (Phi) is 5.41. The molecule has 1 aromatic rings. The summed E-state index contributed by atoms with van der Waals surface area (Å²) < 4.78 is 0. The van der Waals surface area contributed by atoms with Crippen molar-refractivity contribution in [3.05, 3.63) is 34.9 Å². The van der Waals surface area contributed by atoms with Gasteiger partial charge in [-0.1, -0.05) is 24.7 Å². The molecule has 1 N–H and O–H groups in total. The summed E-state index contributed by atoms with van der Waals surface area (Å²) in [7, 11) is 0. The summed E-state index contributed by atoms with van der Waals surface area (Å²) in [6.45, 7) is 4.61. The maximum absolute atomic E-state index is 12.7. The Morgan fingerprint density at radius 2 is 2.10 bits per heavy atom. The van der Waals surface area contributed by atoms with Crippen LogP contribution in [0.15, 0.2) is 18.2 Å². The van der Waals surface area contributed by atoms with E-state index in [0.717, 1.165) is 36.1 Å². The van der Waals surface area contributed by atoms with Crippen LogP contribution in [0.4, 0.5) is 0 Å². The Bertz CT molecular complexity index is 562. The topological polar surface area (TPSA) is 40.5 Å². The van der Waals surface area contributed by atoms with Crippen molar-refractivity contribution >= 4 is 5.91 Å². The Morgan fingerprint density at radius 3 is 2.67 bits per heavy atom. The molecule has 112 valence electrons. The first-order chi connectivity index (χ1) is 10.2. The Hall–Kier alpha value is -1.79. The molecular weight excluding hydrogens is 262 g/mol. The van der Waals surface area contributed by atoms with Gasteiger partial charge in [0.25, 0.3) is 5.91 Å². The van der Waals surface area contributed by atoms with E-state index in [1.807, 2.05) is 36.9 Å². The lowest BCUT2D eigenvalue weighted by Gasteiger charge is -2.28. The molecule has 0 aliphatic heterocycles. The monoisotopic (exact) mass is 285 g/mol. The van der Waals surface area contributed by atoms with Crippen molar-refractivity contribution in [2.75, 3.05) is 13.2 Å². The third-order valence-electron chi connectivity index (χ3n) is 4.14. The number of carbonyl (C=O) groups excluding carboxylic acids is 1. The van der Waals surface area contributed by atoms with Gasteiger partial charge in [0.1, 0.15) is 6.61 Å². The number of amides is 1. The van der Waals surface area contributed by atoms with Crippen molar-refractivity contribution < 1.29 is 9.90 Å².